The number of benzene rings is 2. The van der Waals surface area contributed by atoms with E-state index in [1.54, 1.807) is 37.3 Å². The highest BCUT2D eigenvalue weighted by Crippen LogP contribution is 2.44. The zero-order valence-corrected chi connectivity index (χ0v) is 18.7. The number of fused-ring (bicyclic) bond motifs is 1. The first-order valence-corrected chi connectivity index (χ1v) is 11.0. The first kappa shape index (κ1) is 20.5. The van der Waals surface area contributed by atoms with Crippen molar-refractivity contribution in [2.24, 2.45) is 0 Å². The number of carbonyl (C=O) groups excluding carboxylic acids is 2. The number of ketones is 1. The third-order valence-electron chi connectivity index (χ3n) is 5.34. The number of thiazole rings is 1. The molecule has 0 aliphatic carbocycles. The van der Waals surface area contributed by atoms with Crippen molar-refractivity contribution in [2.75, 3.05) is 4.90 Å². The first-order valence-electron chi connectivity index (χ1n) is 9.84. The van der Waals surface area contributed by atoms with Crippen molar-refractivity contribution in [2.45, 2.75) is 19.9 Å². The van der Waals surface area contributed by atoms with Crippen molar-refractivity contribution in [1.82, 2.24) is 4.98 Å². The van der Waals surface area contributed by atoms with Gasteiger partial charge in [0.15, 0.2) is 16.7 Å². The first-order chi connectivity index (χ1) is 15.3. The van der Waals surface area contributed by atoms with E-state index in [1.807, 2.05) is 25.1 Å². The number of aliphatic hydroxyl groups is 1. The Labute approximate surface area is 192 Å². The summed E-state index contributed by atoms with van der Waals surface area (Å²) < 4.78 is 6.39. The molecule has 5 rings (SSSR count). The highest BCUT2D eigenvalue weighted by molar-refractivity contribution is 7.22. The van der Waals surface area contributed by atoms with Gasteiger partial charge in [0.1, 0.15) is 5.76 Å². The Morgan fingerprint density at radius 2 is 1.88 bits per heavy atom. The SMILES string of the molecule is Cc1ccc2nc(N3C(=O)C(O)=C(C(=O)c4ccc(C)o4)C3c3ccc(Cl)cc3)sc2c1. The number of hydrogen-bond acceptors (Lipinski definition) is 6. The van der Waals surface area contributed by atoms with Gasteiger partial charge in [0.05, 0.1) is 21.8 Å². The number of halogens is 1. The third kappa shape index (κ3) is 3.30. The summed E-state index contributed by atoms with van der Waals surface area (Å²) in [6.07, 6.45) is 0. The number of furan rings is 1. The van der Waals surface area contributed by atoms with Crippen molar-refractivity contribution in [3.05, 3.63) is 93.6 Å². The average Bonchev–Trinajstić information content (AvgIpc) is 3.44. The molecule has 160 valence electrons. The molecule has 32 heavy (non-hydrogen) atoms. The zero-order chi connectivity index (χ0) is 22.6. The highest BCUT2D eigenvalue weighted by atomic mass is 35.5. The van der Waals surface area contributed by atoms with Crippen LogP contribution in [0, 0.1) is 13.8 Å². The monoisotopic (exact) mass is 464 g/mol. The molecule has 1 aliphatic heterocycles. The molecule has 1 N–H and O–H groups in total. The summed E-state index contributed by atoms with van der Waals surface area (Å²) in [6.45, 7) is 3.70. The Morgan fingerprint density at radius 1 is 1.12 bits per heavy atom. The van der Waals surface area contributed by atoms with Crippen molar-refractivity contribution >= 4 is 50.0 Å². The van der Waals surface area contributed by atoms with Gasteiger partial charge in [0.2, 0.25) is 5.78 Å². The second-order valence-corrected chi connectivity index (χ2v) is 9.04. The van der Waals surface area contributed by atoms with Gasteiger partial charge in [-0.2, -0.15) is 0 Å². The number of hydrogen-bond donors (Lipinski definition) is 1. The quantitative estimate of drug-likeness (QED) is 0.378. The van der Waals surface area contributed by atoms with Crippen molar-refractivity contribution in [3.8, 4) is 0 Å². The van der Waals surface area contributed by atoms with E-state index in [0.29, 0.717) is 21.5 Å². The van der Waals surface area contributed by atoms with Crippen LogP contribution in [-0.2, 0) is 4.79 Å². The standard InChI is InChI=1S/C24H17ClN2O4S/c1-12-3-9-16-18(11-12)32-24(26-16)27-20(14-5-7-15(25)8-6-14)19(22(29)23(27)30)21(28)17-10-4-13(2)31-17/h3-11,20,29H,1-2H3. The van der Waals surface area contributed by atoms with Crippen LogP contribution in [0.2, 0.25) is 5.02 Å². The molecule has 0 radical (unpaired) electrons. The lowest BCUT2D eigenvalue weighted by Crippen LogP contribution is -2.30. The molecule has 3 heterocycles. The molecule has 4 aromatic rings. The number of anilines is 1. The molecule has 0 bridgehead atoms. The Hall–Kier alpha value is -3.42. The number of Topliss-reactive ketones (excluding diaryl/α,β-unsaturated/α-hetero) is 1. The summed E-state index contributed by atoms with van der Waals surface area (Å²) >= 11 is 7.39. The zero-order valence-electron chi connectivity index (χ0n) is 17.1. The lowest BCUT2D eigenvalue weighted by Gasteiger charge is -2.24. The Balaban J connectivity index is 1.68. The second kappa shape index (κ2) is 7.62. The maximum atomic E-state index is 13.3. The van der Waals surface area contributed by atoms with Gasteiger partial charge in [-0.05, 0) is 61.4 Å². The predicted octanol–water partition coefficient (Wildman–Crippen LogP) is 5.94. The van der Waals surface area contributed by atoms with Crippen LogP contribution in [0.1, 0.15) is 33.5 Å². The van der Waals surface area contributed by atoms with Crippen molar-refractivity contribution < 1.29 is 19.1 Å². The van der Waals surface area contributed by atoms with Crippen LogP contribution in [-0.4, -0.2) is 21.8 Å². The molecule has 2 aromatic carbocycles. The van der Waals surface area contributed by atoms with Crippen LogP contribution >= 0.6 is 22.9 Å². The molecule has 2 aromatic heterocycles. The third-order valence-corrected chi connectivity index (χ3v) is 6.61. The summed E-state index contributed by atoms with van der Waals surface area (Å²) in [4.78, 5) is 32.5. The Morgan fingerprint density at radius 3 is 2.56 bits per heavy atom. The van der Waals surface area contributed by atoms with E-state index in [1.165, 1.54) is 22.3 Å². The smallest absolute Gasteiger partial charge is 0.296 e. The molecule has 8 heteroatoms. The topological polar surface area (TPSA) is 83.6 Å². The normalized spacial score (nSPS) is 16.4. The van der Waals surface area contributed by atoms with Crippen LogP contribution < -0.4 is 4.90 Å². The van der Waals surface area contributed by atoms with Gasteiger partial charge in [-0.1, -0.05) is 41.1 Å². The molecule has 1 atom stereocenters. The molecule has 0 saturated heterocycles. The van der Waals surface area contributed by atoms with Crippen molar-refractivity contribution in [3.63, 3.8) is 0 Å². The van der Waals surface area contributed by atoms with Gasteiger partial charge < -0.3 is 9.52 Å². The van der Waals surface area contributed by atoms with Gasteiger partial charge in [0, 0.05) is 5.02 Å². The fourth-order valence-electron chi connectivity index (χ4n) is 3.81. The molecule has 1 aliphatic rings. The Kier molecular flexibility index (Phi) is 4.87. The largest absolute Gasteiger partial charge is 0.503 e. The van der Waals surface area contributed by atoms with Crippen LogP contribution in [0.4, 0.5) is 5.13 Å². The number of aromatic nitrogens is 1. The highest BCUT2D eigenvalue weighted by Gasteiger charge is 2.46. The fraction of sp³-hybridized carbons (Fsp3) is 0.125. The summed E-state index contributed by atoms with van der Waals surface area (Å²) in [6, 6.07) is 14.9. The second-order valence-electron chi connectivity index (χ2n) is 7.60. The van der Waals surface area contributed by atoms with Gasteiger partial charge in [-0.25, -0.2) is 4.98 Å². The molecule has 0 fully saturated rings. The van der Waals surface area contributed by atoms with E-state index in [-0.39, 0.29) is 11.3 Å². The molecular weight excluding hydrogens is 448 g/mol. The van der Waals surface area contributed by atoms with Gasteiger partial charge in [-0.3, -0.25) is 14.5 Å². The maximum absolute atomic E-state index is 13.3. The van der Waals surface area contributed by atoms with E-state index in [2.05, 4.69) is 4.98 Å². The van der Waals surface area contributed by atoms with Crippen LogP contribution in [0.3, 0.4) is 0 Å². The molecular formula is C24H17ClN2O4S. The molecule has 0 saturated carbocycles. The van der Waals surface area contributed by atoms with E-state index in [0.717, 1.165) is 15.8 Å². The molecule has 1 amide bonds. The van der Waals surface area contributed by atoms with E-state index >= 15 is 0 Å². The van der Waals surface area contributed by atoms with Gasteiger partial charge >= 0.3 is 0 Å². The van der Waals surface area contributed by atoms with Crippen LogP contribution in [0.15, 0.2) is 70.3 Å². The fourth-order valence-corrected chi connectivity index (χ4v) is 5.02. The van der Waals surface area contributed by atoms with Crippen LogP contribution in [0.5, 0.6) is 0 Å². The lowest BCUT2D eigenvalue weighted by atomic mass is 9.95. The molecule has 6 nitrogen and oxygen atoms in total. The van der Waals surface area contributed by atoms with E-state index in [9.17, 15) is 14.7 Å². The number of aliphatic hydroxyl groups excluding tert-OH is 1. The minimum absolute atomic E-state index is 0.0533. The summed E-state index contributed by atoms with van der Waals surface area (Å²) in [7, 11) is 0. The van der Waals surface area contributed by atoms with Crippen LogP contribution in [0.25, 0.3) is 10.2 Å². The Bertz CT molecular complexity index is 1420. The number of amides is 1. The van der Waals surface area contributed by atoms with Gasteiger partial charge in [-0.15, -0.1) is 0 Å². The van der Waals surface area contributed by atoms with E-state index < -0.39 is 23.5 Å². The number of aryl methyl sites for hydroxylation is 2. The minimum Gasteiger partial charge on any atom is -0.503 e. The molecule has 1 unspecified atom stereocenters. The van der Waals surface area contributed by atoms with Gasteiger partial charge in [0.25, 0.3) is 5.91 Å². The average molecular weight is 465 g/mol. The lowest BCUT2D eigenvalue weighted by molar-refractivity contribution is -0.117. The number of nitrogens with zero attached hydrogens (tertiary/aromatic N) is 2. The minimum atomic E-state index is -0.876. The predicted molar refractivity (Wildman–Crippen MR) is 123 cm³/mol. The molecule has 0 spiro atoms. The maximum Gasteiger partial charge on any atom is 0.296 e. The number of carbonyl (C=O) groups is 2. The van der Waals surface area contributed by atoms with E-state index in [4.69, 9.17) is 16.0 Å². The van der Waals surface area contributed by atoms with Crippen molar-refractivity contribution in [1.29, 1.82) is 0 Å². The summed E-state index contributed by atoms with van der Waals surface area (Å²) in [5, 5.41) is 11.7. The summed E-state index contributed by atoms with van der Waals surface area (Å²) in [5.41, 5.74) is 2.37. The number of rotatable bonds is 4. The summed E-state index contributed by atoms with van der Waals surface area (Å²) in [5.74, 6) is -1.24.